The van der Waals surface area contributed by atoms with Crippen LogP contribution >= 0.6 is 0 Å². The van der Waals surface area contributed by atoms with Crippen LogP contribution in [0.25, 0.3) is 11.6 Å². The van der Waals surface area contributed by atoms with Crippen LogP contribution in [-0.4, -0.2) is 11.3 Å². The number of carbonyl (C=O) groups is 1. The highest BCUT2D eigenvalue weighted by Gasteiger charge is 1.99. The van der Waals surface area contributed by atoms with Crippen molar-refractivity contribution in [1.29, 1.82) is 0 Å². The highest BCUT2D eigenvalue weighted by molar-refractivity contribution is 6.13. The van der Waals surface area contributed by atoms with Crippen LogP contribution in [0.15, 0.2) is 54.9 Å². The van der Waals surface area contributed by atoms with Crippen LogP contribution in [0.2, 0.25) is 0 Å². The first kappa shape index (κ1) is 10.3. The fraction of sp³-hybridized carbons (Fsp3) is 0. The van der Waals surface area contributed by atoms with Crippen molar-refractivity contribution >= 4 is 17.9 Å². The molecule has 0 radical (unpaired) electrons. The van der Waals surface area contributed by atoms with Crippen molar-refractivity contribution in [3.8, 4) is 0 Å². The highest BCUT2D eigenvalue weighted by Crippen LogP contribution is 2.14. The van der Waals surface area contributed by atoms with Gasteiger partial charge in [-0.1, -0.05) is 36.4 Å². The molecule has 2 heteroatoms. The second kappa shape index (κ2) is 5.03. The Morgan fingerprint density at radius 1 is 1.06 bits per heavy atom. The lowest BCUT2D eigenvalue weighted by Gasteiger charge is -1.99. The molecule has 0 saturated carbocycles. The molecule has 0 spiro atoms. The molecule has 0 atom stereocenters. The fourth-order valence-corrected chi connectivity index (χ4v) is 1.45. The van der Waals surface area contributed by atoms with Gasteiger partial charge in [0, 0.05) is 23.5 Å². The second-order valence-corrected chi connectivity index (χ2v) is 3.37. The third kappa shape index (κ3) is 2.42. The normalized spacial score (nSPS) is 11.1. The lowest BCUT2D eigenvalue weighted by Crippen LogP contribution is -1.86. The van der Waals surface area contributed by atoms with E-state index >= 15 is 0 Å². The molecular weight excluding hydrogens is 198 g/mol. The first-order valence-electron chi connectivity index (χ1n) is 5.02. The van der Waals surface area contributed by atoms with E-state index in [1.807, 2.05) is 48.5 Å². The van der Waals surface area contributed by atoms with Crippen LogP contribution in [0, 0.1) is 0 Å². The van der Waals surface area contributed by atoms with Gasteiger partial charge in [-0.25, -0.2) is 0 Å². The quantitative estimate of drug-likeness (QED) is 0.574. The summed E-state index contributed by atoms with van der Waals surface area (Å²) in [7, 11) is 0. The third-order valence-electron chi connectivity index (χ3n) is 2.24. The molecule has 0 saturated heterocycles. The largest absolute Gasteiger partial charge is 0.298 e. The zero-order valence-electron chi connectivity index (χ0n) is 8.71. The highest BCUT2D eigenvalue weighted by atomic mass is 16.1. The van der Waals surface area contributed by atoms with Crippen molar-refractivity contribution < 1.29 is 4.79 Å². The molecule has 0 bridgehead atoms. The van der Waals surface area contributed by atoms with Crippen molar-refractivity contribution in [3.63, 3.8) is 0 Å². The summed E-state index contributed by atoms with van der Waals surface area (Å²) in [6, 6.07) is 13.4. The fourth-order valence-electron chi connectivity index (χ4n) is 1.45. The predicted octanol–water partition coefficient (Wildman–Crippen LogP) is 2.82. The second-order valence-electron chi connectivity index (χ2n) is 3.37. The van der Waals surface area contributed by atoms with Gasteiger partial charge >= 0.3 is 0 Å². The summed E-state index contributed by atoms with van der Waals surface area (Å²) < 4.78 is 0. The van der Waals surface area contributed by atoms with E-state index in [4.69, 9.17) is 0 Å². The van der Waals surface area contributed by atoms with Gasteiger partial charge in [0.2, 0.25) is 0 Å². The topological polar surface area (TPSA) is 30.0 Å². The van der Waals surface area contributed by atoms with E-state index in [-0.39, 0.29) is 0 Å². The molecule has 2 nitrogen and oxygen atoms in total. The zero-order chi connectivity index (χ0) is 11.2. The van der Waals surface area contributed by atoms with Crippen LogP contribution in [0.5, 0.6) is 0 Å². The first-order chi connectivity index (χ1) is 7.90. The summed E-state index contributed by atoms with van der Waals surface area (Å²) in [5.74, 6) is 0. The van der Waals surface area contributed by atoms with E-state index < -0.39 is 0 Å². The monoisotopic (exact) mass is 209 g/mol. The average Bonchev–Trinajstić information content (AvgIpc) is 2.38. The smallest absolute Gasteiger partial charge is 0.150 e. The number of aldehydes is 1. The van der Waals surface area contributed by atoms with Crippen LogP contribution < -0.4 is 0 Å². The molecule has 1 heterocycles. The van der Waals surface area contributed by atoms with E-state index in [2.05, 4.69) is 4.98 Å². The van der Waals surface area contributed by atoms with Gasteiger partial charge in [-0.3, -0.25) is 9.78 Å². The maximum atomic E-state index is 11.0. The molecule has 1 aromatic heterocycles. The molecule has 0 aliphatic heterocycles. The molecule has 0 unspecified atom stereocenters. The van der Waals surface area contributed by atoms with E-state index in [1.165, 1.54) is 0 Å². The molecule has 16 heavy (non-hydrogen) atoms. The Hall–Kier alpha value is -2.22. The Labute approximate surface area is 94.3 Å². The number of pyridine rings is 1. The van der Waals surface area contributed by atoms with Gasteiger partial charge in [0.05, 0.1) is 0 Å². The minimum atomic E-state index is 0.638. The van der Waals surface area contributed by atoms with Crippen molar-refractivity contribution in [2.45, 2.75) is 0 Å². The Bertz CT molecular complexity index is 489. The molecule has 0 N–H and O–H groups in total. The minimum absolute atomic E-state index is 0.638. The average molecular weight is 209 g/mol. The molecule has 0 amide bonds. The van der Waals surface area contributed by atoms with Gasteiger partial charge in [0.15, 0.2) is 6.29 Å². The van der Waals surface area contributed by atoms with Gasteiger partial charge in [0.1, 0.15) is 0 Å². The molecule has 2 aromatic rings. The third-order valence-corrected chi connectivity index (χ3v) is 2.24. The van der Waals surface area contributed by atoms with Gasteiger partial charge in [-0.05, 0) is 17.7 Å². The number of carbonyl (C=O) groups excluding carboxylic acids is 1. The van der Waals surface area contributed by atoms with Crippen molar-refractivity contribution in [2.24, 2.45) is 0 Å². The number of nitrogens with zero attached hydrogens (tertiary/aromatic N) is 1. The number of hydrogen-bond donors (Lipinski definition) is 0. The molecule has 0 fully saturated rings. The summed E-state index contributed by atoms with van der Waals surface area (Å²) in [6.07, 6.45) is 6.08. The Morgan fingerprint density at radius 2 is 1.88 bits per heavy atom. The van der Waals surface area contributed by atoms with Crippen molar-refractivity contribution in [1.82, 2.24) is 4.98 Å². The Kier molecular flexibility index (Phi) is 3.24. The predicted molar refractivity (Wildman–Crippen MR) is 64.6 cm³/mol. The molecule has 0 aliphatic rings. The zero-order valence-corrected chi connectivity index (χ0v) is 8.71. The number of allylic oxidation sites excluding steroid dienone is 1. The van der Waals surface area contributed by atoms with Crippen LogP contribution in [-0.2, 0) is 4.79 Å². The lowest BCUT2D eigenvalue weighted by atomic mass is 10.1. The van der Waals surface area contributed by atoms with Gasteiger partial charge in [-0.2, -0.15) is 0 Å². The number of hydrogen-bond acceptors (Lipinski definition) is 2. The SMILES string of the molecule is O=CC(=Cc1ccccc1)c1cccnc1. The maximum absolute atomic E-state index is 11.0. The minimum Gasteiger partial charge on any atom is -0.298 e. The van der Waals surface area contributed by atoms with Gasteiger partial charge < -0.3 is 0 Å². The Morgan fingerprint density at radius 3 is 2.50 bits per heavy atom. The summed E-state index contributed by atoms with van der Waals surface area (Å²) in [4.78, 5) is 15.0. The Balaban J connectivity index is 2.38. The molecule has 2 rings (SSSR count). The molecule has 78 valence electrons. The lowest BCUT2D eigenvalue weighted by molar-refractivity contribution is -0.103. The number of rotatable bonds is 3. The summed E-state index contributed by atoms with van der Waals surface area (Å²) in [5, 5.41) is 0. The van der Waals surface area contributed by atoms with E-state index in [0.29, 0.717) is 5.57 Å². The first-order valence-corrected chi connectivity index (χ1v) is 5.02. The van der Waals surface area contributed by atoms with Crippen LogP contribution in [0.3, 0.4) is 0 Å². The molecule has 0 aliphatic carbocycles. The van der Waals surface area contributed by atoms with Crippen LogP contribution in [0.1, 0.15) is 11.1 Å². The van der Waals surface area contributed by atoms with Crippen LogP contribution in [0.4, 0.5) is 0 Å². The van der Waals surface area contributed by atoms with Gasteiger partial charge in [-0.15, -0.1) is 0 Å². The van der Waals surface area contributed by atoms with Crippen molar-refractivity contribution in [3.05, 3.63) is 66.0 Å². The standard InChI is InChI=1S/C14H11NO/c16-11-14(13-7-4-8-15-10-13)9-12-5-2-1-3-6-12/h1-11H. The number of benzene rings is 1. The van der Waals surface area contributed by atoms with Crippen molar-refractivity contribution in [2.75, 3.05) is 0 Å². The maximum Gasteiger partial charge on any atom is 0.150 e. The summed E-state index contributed by atoms with van der Waals surface area (Å²) in [5.41, 5.74) is 2.48. The molecular formula is C14H11NO. The van der Waals surface area contributed by atoms with E-state index in [1.54, 1.807) is 12.4 Å². The van der Waals surface area contributed by atoms with Gasteiger partial charge in [0.25, 0.3) is 0 Å². The summed E-state index contributed by atoms with van der Waals surface area (Å²) in [6.45, 7) is 0. The summed E-state index contributed by atoms with van der Waals surface area (Å²) >= 11 is 0. The van der Waals surface area contributed by atoms with E-state index in [0.717, 1.165) is 17.4 Å². The van der Waals surface area contributed by atoms with E-state index in [9.17, 15) is 4.79 Å². The number of aromatic nitrogens is 1. The molecule has 1 aromatic carbocycles.